The van der Waals surface area contributed by atoms with Gasteiger partial charge in [-0.2, -0.15) is 0 Å². The summed E-state index contributed by atoms with van der Waals surface area (Å²) in [6.07, 6.45) is 2.49. The smallest absolute Gasteiger partial charge is 0.338 e. The van der Waals surface area contributed by atoms with Crippen LogP contribution in [-0.4, -0.2) is 17.0 Å². The molecule has 0 aliphatic heterocycles. The van der Waals surface area contributed by atoms with Crippen molar-refractivity contribution in [3.63, 3.8) is 0 Å². The predicted molar refractivity (Wildman–Crippen MR) is 75.3 cm³/mol. The zero-order valence-corrected chi connectivity index (χ0v) is 11.0. The maximum Gasteiger partial charge on any atom is 0.338 e. The lowest BCUT2D eigenvalue weighted by molar-refractivity contribution is -0.111. The molecule has 0 aliphatic carbocycles. The molecule has 4 nitrogen and oxygen atoms in total. The van der Waals surface area contributed by atoms with Gasteiger partial charge in [0.25, 0.3) is 0 Å². The Morgan fingerprint density at radius 3 is 2.70 bits per heavy atom. The van der Waals surface area contributed by atoms with Gasteiger partial charge in [-0.1, -0.05) is 18.2 Å². The highest BCUT2D eigenvalue weighted by Crippen LogP contribution is 2.23. The van der Waals surface area contributed by atoms with Crippen molar-refractivity contribution in [1.29, 1.82) is 0 Å². The zero-order chi connectivity index (χ0) is 14.5. The van der Waals surface area contributed by atoms with Crippen LogP contribution in [-0.2, 0) is 4.79 Å². The number of amides is 1. The Hall–Kier alpha value is -2.47. The molecule has 1 aromatic heterocycles. The summed E-state index contributed by atoms with van der Waals surface area (Å²) < 4.78 is 13.3. The van der Waals surface area contributed by atoms with E-state index in [4.69, 9.17) is 5.11 Å². The van der Waals surface area contributed by atoms with Crippen LogP contribution in [0.5, 0.6) is 0 Å². The summed E-state index contributed by atoms with van der Waals surface area (Å²) >= 11 is 1.11. The molecule has 0 saturated heterocycles. The van der Waals surface area contributed by atoms with E-state index in [-0.39, 0.29) is 16.1 Å². The molecule has 1 heterocycles. The first-order valence-electron chi connectivity index (χ1n) is 5.62. The van der Waals surface area contributed by atoms with Crippen molar-refractivity contribution in [3.8, 4) is 0 Å². The fourth-order valence-corrected chi connectivity index (χ4v) is 2.29. The van der Waals surface area contributed by atoms with Crippen molar-refractivity contribution in [3.05, 3.63) is 58.7 Å². The molecule has 2 N–H and O–H groups in total. The van der Waals surface area contributed by atoms with E-state index in [1.165, 1.54) is 24.3 Å². The Kier molecular flexibility index (Phi) is 4.27. The molecule has 2 aromatic rings. The van der Waals surface area contributed by atoms with E-state index in [0.29, 0.717) is 0 Å². The molecule has 0 fully saturated rings. The van der Waals surface area contributed by atoms with Crippen LogP contribution in [0.25, 0.3) is 6.08 Å². The van der Waals surface area contributed by atoms with E-state index < -0.39 is 17.7 Å². The molecule has 0 unspecified atom stereocenters. The summed E-state index contributed by atoms with van der Waals surface area (Å²) in [6, 6.07) is 7.44. The SMILES string of the molecule is O=C(/C=C/c1ccccc1F)Nc1sccc1C(=O)O. The van der Waals surface area contributed by atoms with Crippen LogP contribution in [0, 0.1) is 5.82 Å². The van der Waals surface area contributed by atoms with Gasteiger partial charge in [-0.05, 0) is 23.6 Å². The van der Waals surface area contributed by atoms with Crippen LogP contribution in [0.3, 0.4) is 0 Å². The average molecular weight is 291 g/mol. The second-order valence-electron chi connectivity index (χ2n) is 3.81. The number of nitrogens with one attached hydrogen (secondary N) is 1. The number of hydrogen-bond donors (Lipinski definition) is 2. The number of carbonyl (C=O) groups is 2. The highest BCUT2D eigenvalue weighted by atomic mass is 32.1. The van der Waals surface area contributed by atoms with Gasteiger partial charge < -0.3 is 10.4 Å². The van der Waals surface area contributed by atoms with Gasteiger partial charge in [-0.15, -0.1) is 11.3 Å². The van der Waals surface area contributed by atoms with E-state index in [1.807, 2.05) is 0 Å². The summed E-state index contributed by atoms with van der Waals surface area (Å²) in [7, 11) is 0. The summed E-state index contributed by atoms with van der Waals surface area (Å²) in [5, 5.41) is 13.2. The lowest BCUT2D eigenvalue weighted by atomic mass is 10.2. The van der Waals surface area contributed by atoms with Crippen molar-refractivity contribution < 1.29 is 19.1 Å². The van der Waals surface area contributed by atoms with Crippen LogP contribution >= 0.6 is 11.3 Å². The molecule has 0 spiro atoms. The molecule has 1 amide bonds. The number of carboxylic acid groups (broad SMARTS) is 1. The maximum atomic E-state index is 13.3. The Balaban J connectivity index is 2.08. The van der Waals surface area contributed by atoms with Crippen molar-refractivity contribution in [2.45, 2.75) is 0 Å². The number of anilines is 1. The summed E-state index contributed by atoms with van der Waals surface area (Å²) in [5.74, 6) is -2.06. The number of halogens is 1. The number of carbonyl (C=O) groups excluding carboxylic acids is 1. The number of aromatic carboxylic acids is 1. The van der Waals surface area contributed by atoms with Gasteiger partial charge in [0, 0.05) is 11.6 Å². The van der Waals surface area contributed by atoms with Gasteiger partial charge in [-0.3, -0.25) is 4.79 Å². The first kappa shape index (κ1) is 14.0. The standard InChI is InChI=1S/C14H10FNO3S/c15-11-4-2-1-3-9(11)5-6-12(17)16-13-10(14(18)19)7-8-20-13/h1-8H,(H,16,17)(H,18,19)/b6-5+. The molecule has 102 valence electrons. The van der Waals surface area contributed by atoms with Gasteiger partial charge in [0.2, 0.25) is 5.91 Å². The monoisotopic (exact) mass is 291 g/mol. The third-order valence-electron chi connectivity index (χ3n) is 2.45. The summed E-state index contributed by atoms with van der Waals surface area (Å²) in [5.41, 5.74) is 0.315. The number of hydrogen-bond acceptors (Lipinski definition) is 3. The third kappa shape index (κ3) is 3.30. The number of carboxylic acids is 1. The number of benzene rings is 1. The molecule has 0 radical (unpaired) electrons. The minimum absolute atomic E-state index is 0.0302. The van der Waals surface area contributed by atoms with Crippen molar-refractivity contribution in [2.24, 2.45) is 0 Å². The van der Waals surface area contributed by atoms with Gasteiger partial charge >= 0.3 is 5.97 Å². The van der Waals surface area contributed by atoms with Crippen LogP contribution in [0.15, 0.2) is 41.8 Å². The zero-order valence-electron chi connectivity index (χ0n) is 10.2. The molecular formula is C14H10FNO3S. The van der Waals surface area contributed by atoms with E-state index in [9.17, 15) is 14.0 Å². The Bertz CT molecular complexity index is 679. The Morgan fingerprint density at radius 2 is 2.00 bits per heavy atom. The Labute approximate surface area is 118 Å². The first-order valence-corrected chi connectivity index (χ1v) is 6.50. The van der Waals surface area contributed by atoms with Gasteiger partial charge in [-0.25, -0.2) is 9.18 Å². The third-order valence-corrected chi connectivity index (χ3v) is 3.28. The van der Waals surface area contributed by atoms with Crippen LogP contribution in [0.4, 0.5) is 9.39 Å². The van der Waals surface area contributed by atoms with Gasteiger partial charge in [0.05, 0.1) is 5.56 Å². The summed E-state index contributed by atoms with van der Waals surface area (Å²) in [4.78, 5) is 22.5. The van der Waals surface area contributed by atoms with E-state index in [1.54, 1.807) is 17.5 Å². The molecule has 6 heteroatoms. The highest BCUT2D eigenvalue weighted by molar-refractivity contribution is 7.14. The molecule has 20 heavy (non-hydrogen) atoms. The molecule has 2 rings (SSSR count). The lowest BCUT2D eigenvalue weighted by Crippen LogP contribution is -2.09. The number of thiophene rings is 1. The van der Waals surface area contributed by atoms with Gasteiger partial charge in [0.1, 0.15) is 10.8 Å². The Morgan fingerprint density at radius 1 is 1.25 bits per heavy atom. The number of rotatable bonds is 4. The van der Waals surface area contributed by atoms with Crippen molar-refractivity contribution in [2.75, 3.05) is 5.32 Å². The van der Waals surface area contributed by atoms with E-state index in [0.717, 1.165) is 17.4 Å². The normalized spacial score (nSPS) is 10.7. The molecule has 0 saturated carbocycles. The minimum Gasteiger partial charge on any atom is -0.478 e. The van der Waals surface area contributed by atoms with E-state index >= 15 is 0 Å². The van der Waals surface area contributed by atoms with E-state index in [2.05, 4.69) is 5.32 Å². The first-order chi connectivity index (χ1) is 9.58. The maximum absolute atomic E-state index is 13.3. The van der Waals surface area contributed by atoms with Crippen LogP contribution in [0.2, 0.25) is 0 Å². The largest absolute Gasteiger partial charge is 0.478 e. The second-order valence-corrected chi connectivity index (χ2v) is 4.73. The fraction of sp³-hybridized carbons (Fsp3) is 0. The molecular weight excluding hydrogens is 281 g/mol. The van der Waals surface area contributed by atoms with Crippen molar-refractivity contribution in [1.82, 2.24) is 0 Å². The topological polar surface area (TPSA) is 66.4 Å². The molecule has 0 atom stereocenters. The fourth-order valence-electron chi connectivity index (χ4n) is 1.50. The minimum atomic E-state index is -1.11. The quantitative estimate of drug-likeness (QED) is 0.850. The summed E-state index contributed by atoms with van der Waals surface area (Å²) in [6.45, 7) is 0. The highest BCUT2D eigenvalue weighted by Gasteiger charge is 2.12. The molecule has 1 aromatic carbocycles. The predicted octanol–water partition coefficient (Wildman–Crippen LogP) is 3.24. The molecule has 0 aliphatic rings. The van der Waals surface area contributed by atoms with Gasteiger partial charge in [0.15, 0.2) is 0 Å². The van der Waals surface area contributed by atoms with Crippen LogP contribution in [0.1, 0.15) is 15.9 Å². The van der Waals surface area contributed by atoms with Crippen LogP contribution < -0.4 is 5.32 Å². The van der Waals surface area contributed by atoms with Crippen molar-refractivity contribution >= 4 is 34.3 Å². The second kappa shape index (κ2) is 6.12. The average Bonchev–Trinajstić information content (AvgIpc) is 2.86. The lowest BCUT2D eigenvalue weighted by Gasteiger charge is -2.00. The molecule has 0 bridgehead atoms.